The molecule has 1 atom stereocenters. The van der Waals surface area contributed by atoms with Crippen molar-refractivity contribution in [1.29, 1.82) is 0 Å². The highest BCUT2D eigenvalue weighted by molar-refractivity contribution is 6.14. The molecule has 37 heavy (non-hydrogen) atoms. The number of allylic oxidation sites excluding steroid dienone is 1. The zero-order valence-corrected chi connectivity index (χ0v) is 21.5. The number of nitrogens with zero attached hydrogens (tertiary/aromatic N) is 2. The fourth-order valence-corrected chi connectivity index (χ4v) is 3.76. The molecule has 0 bridgehead atoms. The number of aromatic nitrogens is 1. The summed E-state index contributed by atoms with van der Waals surface area (Å²) in [7, 11) is 0. The van der Waals surface area contributed by atoms with Crippen molar-refractivity contribution in [1.82, 2.24) is 4.98 Å². The molecule has 2 aromatic carbocycles. The summed E-state index contributed by atoms with van der Waals surface area (Å²) >= 11 is 0. The predicted molar refractivity (Wildman–Crippen MR) is 141 cm³/mol. The summed E-state index contributed by atoms with van der Waals surface area (Å²) in [6.07, 6.45) is 2.60. The third-order valence-electron chi connectivity index (χ3n) is 5.58. The Kier molecular flexibility index (Phi) is 9.84. The molecule has 1 aromatic heterocycles. The molecule has 0 aliphatic heterocycles. The summed E-state index contributed by atoms with van der Waals surface area (Å²) in [4.78, 5) is 34.1. The predicted octanol–water partition coefficient (Wildman–Crippen LogP) is 6.18. The fraction of sp³-hybridized carbons (Fsp3) is 0.267. The molecule has 0 amide bonds. The second kappa shape index (κ2) is 13.3. The van der Waals surface area contributed by atoms with Crippen LogP contribution in [0.15, 0.2) is 89.6 Å². The van der Waals surface area contributed by atoms with E-state index < -0.39 is 23.7 Å². The maximum atomic E-state index is 15.0. The van der Waals surface area contributed by atoms with Crippen LogP contribution in [-0.2, 0) is 19.1 Å². The molecule has 0 spiro atoms. The van der Waals surface area contributed by atoms with Gasteiger partial charge < -0.3 is 9.47 Å². The van der Waals surface area contributed by atoms with Crippen LogP contribution in [0, 0.1) is 11.7 Å². The van der Waals surface area contributed by atoms with E-state index in [1.54, 1.807) is 19.9 Å². The van der Waals surface area contributed by atoms with Crippen LogP contribution in [0.1, 0.15) is 50.4 Å². The first-order valence-corrected chi connectivity index (χ1v) is 12.3. The second-order valence-electron chi connectivity index (χ2n) is 8.54. The second-order valence-corrected chi connectivity index (χ2v) is 8.54. The number of rotatable bonds is 10. The number of carbonyl (C=O) groups excluding carboxylic acids is 2. The van der Waals surface area contributed by atoms with E-state index in [1.165, 1.54) is 6.08 Å². The number of halogens is 1. The minimum absolute atomic E-state index is 0.0867. The molecule has 1 unspecified atom stereocenters. The average Bonchev–Trinajstić information content (AvgIpc) is 2.90. The number of benzene rings is 2. The van der Waals surface area contributed by atoms with Crippen molar-refractivity contribution in [3.8, 4) is 0 Å². The van der Waals surface area contributed by atoms with E-state index in [0.717, 1.165) is 17.3 Å². The van der Waals surface area contributed by atoms with Gasteiger partial charge in [-0.25, -0.2) is 19.0 Å². The lowest BCUT2D eigenvalue weighted by molar-refractivity contribution is -0.146. The summed E-state index contributed by atoms with van der Waals surface area (Å²) in [5.74, 6) is -2.73. The first-order chi connectivity index (χ1) is 17.8. The van der Waals surface area contributed by atoms with E-state index in [1.807, 2.05) is 74.5 Å². The Morgan fingerprint density at radius 3 is 1.89 bits per heavy atom. The van der Waals surface area contributed by atoms with Crippen molar-refractivity contribution >= 4 is 23.3 Å². The van der Waals surface area contributed by atoms with Crippen LogP contribution >= 0.6 is 0 Å². The number of hydrogen-bond acceptors (Lipinski definition) is 6. The molecule has 192 valence electrons. The highest BCUT2D eigenvalue weighted by atomic mass is 19.1. The van der Waals surface area contributed by atoms with Crippen molar-refractivity contribution in [2.45, 2.75) is 33.6 Å². The zero-order valence-electron chi connectivity index (χ0n) is 21.5. The Morgan fingerprint density at radius 1 is 0.919 bits per heavy atom. The Hall–Kier alpha value is -4.13. The van der Waals surface area contributed by atoms with Gasteiger partial charge >= 0.3 is 11.9 Å². The van der Waals surface area contributed by atoms with Gasteiger partial charge in [0.1, 0.15) is 11.3 Å². The molecule has 0 saturated carbocycles. The third kappa shape index (κ3) is 7.19. The molecule has 0 aliphatic rings. The van der Waals surface area contributed by atoms with Gasteiger partial charge in [0.2, 0.25) is 0 Å². The van der Waals surface area contributed by atoms with E-state index in [2.05, 4.69) is 4.98 Å². The Morgan fingerprint density at radius 2 is 1.43 bits per heavy atom. The standard InChI is InChI=1S/C30H31FN2O4/c1-5-36-29(34)24(30(35)37-6-2)17-23(20(3)4)26-18-27(25(31)19-32-26)33-28(21-13-9-7-10-14-21)22-15-11-8-12-16-22/h7-20,23H,5-6H2,1-4H3. The molecule has 0 aliphatic carbocycles. The Bertz CT molecular complexity index is 1210. The monoisotopic (exact) mass is 502 g/mol. The highest BCUT2D eigenvalue weighted by Crippen LogP contribution is 2.31. The van der Waals surface area contributed by atoms with Gasteiger partial charge in [-0.3, -0.25) is 4.98 Å². The van der Waals surface area contributed by atoms with E-state index >= 15 is 4.39 Å². The normalized spacial score (nSPS) is 11.4. The Labute approximate surface area is 216 Å². The van der Waals surface area contributed by atoms with E-state index in [9.17, 15) is 9.59 Å². The van der Waals surface area contributed by atoms with Crippen molar-refractivity contribution in [2.75, 3.05) is 13.2 Å². The maximum Gasteiger partial charge on any atom is 0.345 e. The lowest BCUT2D eigenvalue weighted by Gasteiger charge is -2.19. The van der Waals surface area contributed by atoms with Crippen molar-refractivity contribution in [3.63, 3.8) is 0 Å². The summed E-state index contributed by atoms with van der Waals surface area (Å²) in [5.41, 5.74) is 2.61. The van der Waals surface area contributed by atoms with Gasteiger partial charge in [-0.05, 0) is 25.8 Å². The molecule has 3 rings (SSSR count). The van der Waals surface area contributed by atoms with E-state index in [0.29, 0.717) is 11.4 Å². The van der Waals surface area contributed by atoms with Crippen LogP contribution in [0.2, 0.25) is 0 Å². The largest absolute Gasteiger partial charge is 0.462 e. The molecule has 0 saturated heterocycles. The first-order valence-electron chi connectivity index (χ1n) is 12.3. The molecule has 0 fully saturated rings. The van der Waals surface area contributed by atoms with Crippen molar-refractivity contribution in [2.24, 2.45) is 10.9 Å². The van der Waals surface area contributed by atoms with Gasteiger partial charge in [0.15, 0.2) is 5.82 Å². The van der Waals surface area contributed by atoms with Gasteiger partial charge in [0.05, 0.1) is 25.1 Å². The number of ether oxygens (including phenoxy) is 2. The maximum absolute atomic E-state index is 15.0. The summed E-state index contributed by atoms with van der Waals surface area (Å²) in [6.45, 7) is 7.37. The summed E-state index contributed by atoms with van der Waals surface area (Å²) < 4.78 is 25.2. The highest BCUT2D eigenvalue weighted by Gasteiger charge is 2.26. The lowest BCUT2D eigenvalue weighted by Crippen LogP contribution is -2.20. The summed E-state index contributed by atoms with van der Waals surface area (Å²) in [6, 6.07) is 20.6. The minimum atomic E-state index is -0.776. The smallest absolute Gasteiger partial charge is 0.345 e. The Balaban J connectivity index is 2.13. The molecule has 0 radical (unpaired) electrons. The molecule has 0 N–H and O–H groups in total. The molecule has 6 nitrogen and oxygen atoms in total. The van der Waals surface area contributed by atoms with Gasteiger partial charge in [0.25, 0.3) is 0 Å². The summed E-state index contributed by atoms with van der Waals surface area (Å²) in [5, 5.41) is 0. The van der Waals surface area contributed by atoms with Crippen molar-refractivity contribution < 1.29 is 23.5 Å². The van der Waals surface area contributed by atoms with Crippen LogP contribution in [0.4, 0.5) is 10.1 Å². The zero-order chi connectivity index (χ0) is 26.8. The van der Waals surface area contributed by atoms with E-state index in [4.69, 9.17) is 14.5 Å². The van der Waals surface area contributed by atoms with Crippen LogP contribution in [0.25, 0.3) is 0 Å². The van der Waals surface area contributed by atoms with Crippen molar-refractivity contribution in [3.05, 3.63) is 107 Å². The fourth-order valence-electron chi connectivity index (χ4n) is 3.76. The number of pyridine rings is 1. The molecule has 7 heteroatoms. The van der Waals surface area contributed by atoms with Gasteiger partial charge in [0, 0.05) is 22.7 Å². The number of carbonyl (C=O) groups is 2. The van der Waals surface area contributed by atoms with Crippen LogP contribution in [-0.4, -0.2) is 35.8 Å². The van der Waals surface area contributed by atoms with Gasteiger partial charge in [-0.15, -0.1) is 0 Å². The number of aliphatic imine (C=N–C) groups is 1. The lowest BCUT2D eigenvalue weighted by atomic mass is 9.89. The van der Waals surface area contributed by atoms with Crippen LogP contribution in [0.5, 0.6) is 0 Å². The van der Waals surface area contributed by atoms with Crippen LogP contribution < -0.4 is 0 Å². The quantitative estimate of drug-likeness (QED) is 0.109. The molecular formula is C30H31FN2O4. The van der Waals surface area contributed by atoms with Gasteiger partial charge in [-0.1, -0.05) is 80.6 Å². The topological polar surface area (TPSA) is 77.9 Å². The van der Waals surface area contributed by atoms with E-state index in [-0.39, 0.29) is 30.4 Å². The average molecular weight is 503 g/mol. The van der Waals surface area contributed by atoms with Gasteiger partial charge in [-0.2, -0.15) is 0 Å². The molecule has 3 aromatic rings. The molecular weight excluding hydrogens is 471 g/mol. The number of hydrogen-bond donors (Lipinski definition) is 0. The first kappa shape index (κ1) is 27.5. The minimum Gasteiger partial charge on any atom is -0.462 e. The molecule has 1 heterocycles. The van der Waals surface area contributed by atoms with Crippen LogP contribution in [0.3, 0.4) is 0 Å². The SMILES string of the molecule is CCOC(=O)C(=CC(c1cc(N=C(c2ccccc2)c2ccccc2)c(F)cn1)C(C)C)C(=O)OCC. The number of esters is 2. The third-order valence-corrected chi connectivity index (χ3v) is 5.58.